The summed E-state index contributed by atoms with van der Waals surface area (Å²) in [5.74, 6) is 0.651. The summed E-state index contributed by atoms with van der Waals surface area (Å²) in [4.78, 5) is 6.75. The molecule has 1 heterocycles. The number of rotatable bonds is 4. The number of alkyl halides is 1. The number of nitrogens with zero attached hydrogens (tertiary/aromatic N) is 3. The zero-order chi connectivity index (χ0) is 15.2. The lowest BCUT2D eigenvalue weighted by molar-refractivity contribution is 0.0429. The van der Waals surface area contributed by atoms with Crippen molar-refractivity contribution in [3.05, 3.63) is 28.8 Å². The highest BCUT2D eigenvalue weighted by molar-refractivity contribution is 6.31. The molecule has 1 fully saturated rings. The monoisotopic (exact) mass is 329 g/mol. The van der Waals surface area contributed by atoms with Gasteiger partial charge in [-0.15, -0.1) is 11.6 Å². The third-order valence-electron chi connectivity index (χ3n) is 4.67. The molecular formula is C15H18Cl2FN3. The summed E-state index contributed by atoms with van der Waals surface area (Å²) in [5.41, 5.74) is 1.58. The minimum absolute atomic E-state index is 0.0965. The maximum absolute atomic E-state index is 13.8. The molecule has 0 unspecified atom stereocenters. The lowest BCUT2D eigenvalue weighted by Crippen LogP contribution is -2.53. The second-order valence-electron chi connectivity index (χ2n) is 5.98. The predicted molar refractivity (Wildman–Crippen MR) is 84.5 cm³/mol. The number of halogens is 3. The van der Waals surface area contributed by atoms with Gasteiger partial charge in [0.25, 0.3) is 0 Å². The first kappa shape index (κ1) is 15.1. The molecule has 0 radical (unpaired) electrons. The molecule has 2 aromatic rings. The van der Waals surface area contributed by atoms with Gasteiger partial charge in [0.1, 0.15) is 11.6 Å². The quantitative estimate of drug-likeness (QED) is 0.789. The molecule has 3 nitrogen and oxygen atoms in total. The second-order valence-corrected chi connectivity index (χ2v) is 6.65. The van der Waals surface area contributed by atoms with Gasteiger partial charge in [-0.25, -0.2) is 9.37 Å². The van der Waals surface area contributed by atoms with Crippen molar-refractivity contribution in [2.75, 3.05) is 14.1 Å². The summed E-state index contributed by atoms with van der Waals surface area (Å²) < 4.78 is 15.9. The zero-order valence-electron chi connectivity index (χ0n) is 12.2. The Kier molecular flexibility index (Phi) is 3.89. The van der Waals surface area contributed by atoms with Crippen LogP contribution >= 0.6 is 23.2 Å². The molecule has 1 aromatic carbocycles. The zero-order valence-corrected chi connectivity index (χ0v) is 13.7. The minimum atomic E-state index is -0.418. The molecule has 1 saturated carbocycles. The Hall–Kier alpha value is -0.840. The molecule has 114 valence electrons. The summed E-state index contributed by atoms with van der Waals surface area (Å²) in [6, 6.07) is 3.03. The molecule has 1 aromatic heterocycles. The summed E-state index contributed by atoms with van der Waals surface area (Å²) in [5, 5.41) is 0.0965. The van der Waals surface area contributed by atoms with E-state index in [0.29, 0.717) is 11.4 Å². The normalized spacial score (nSPS) is 17.4. The Morgan fingerprint density at radius 3 is 2.62 bits per heavy atom. The van der Waals surface area contributed by atoms with E-state index in [-0.39, 0.29) is 10.6 Å². The molecule has 0 saturated heterocycles. The van der Waals surface area contributed by atoms with E-state index in [4.69, 9.17) is 23.2 Å². The molecule has 0 spiro atoms. The van der Waals surface area contributed by atoms with Crippen molar-refractivity contribution < 1.29 is 4.39 Å². The van der Waals surface area contributed by atoms with E-state index in [2.05, 4.69) is 24.0 Å². The van der Waals surface area contributed by atoms with Crippen molar-refractivity contribution in [3.63, 3.8) is 0 Å². The van der Waals surface area contributed by atoms with Crippen LogP contribution in [0.25, 0.3) is 11.0 Å². The summed E-state index contributed by atoms with van der Waals surface area (Å²) in [6.45, 7) is 0.777. The van der Waals surface area contributed by atoms with E-state index >= 15 is 0 Å². The lowest BCUT2D eigenvalue weighted by Gasteiger charge is -2.47. The number of benzene rings is 1. The smallest absolute Gasteiger partial charge is 0.144 e. The number of hydrogen-bond donors (Lipinski definition) is 0. The Balaban J connectivity index is 2.10. The first-order chi connectivity index (χ1) is 9.97. The molecule has 0 amide bonds. The van der Waals surface area contributed by atoms with Gasteiger partial charge in [-0.05, 0) is 39.4 Å². The van der Waals surface area contributed by atoms with Crippen molar-refractivity contribution in [3.8, 4) is 0 Å². The Morgan fingerprint density at radius 1 is 1.38 bits per heavy atom. The number of imidazole rings is 1. The maximum Gasteiger partial charge on any atom is 0.144 e. The summed E-state index contributed by atoms with van der Waals surface area (Å²) >= 11 is 11.9. The molecule has 21 heavy (non-hydrogen) atoms. The topological polar surface area (TPSA) is 21.1 Å². The Bertz CT molecular complexity index is 677. The van der Waals surface area contributed by atoms with Gasteiger partial charge in [0.15, 0.2) is 0 Å². The molecule has 1 aliphatic rings. The number of aromatic nitrogens is 2. The minimum Gasteiger partial charge on any atom is -0.325 e. The highest BCUT2D eigenvalue weighted by atomic mass is 35.5. The van der Waals surface area contributed by atoms with Gasteiger partial charge in [0.2, 0.25) is 0 Å². The fourth-order valence-electron chi connectivity index (χ4n) is 3.07. The van der Waals surface area contributed by atoms with Crippen LogP contribution in [0.4, 0.5) is 4.39 Å². The van der Waals surface area contributed by atoms with Crippen LogP contribution in [0.5, 0.6) is 0 Å². The van der Waals surface area contributed by atoms with Crippen LogP contribution in [0.3, 0.4) is 0 Å². The SMILES string of the molecule is CN(C)C1(Cn2c(CCl)nc3cc(Cl)c(F)cc32)CCC1. The van der Waals surface area contributed by atoms with E-state index in [0.717, 1.165) is 30.7 Å². The van der Waals surface area contributed by atoms with Gasteiger partial charge in [0.05, 0.1) is 21.9 Å². The summed E-state index contributed by atoms with van der Waals surface area (Å²) in [6.07, 6.45) is 3.50. The average molecular weight is 330 g/mol. The van der Waals surface area contributed by atoms with Crippen LogP contribution in [0.2, 0.25) is 5.02 Å². The number of likely N-dealkylation sites (N-methyl/N-ethyl adjacent to an activating group) is 1. The highest BCUT2D eigenvalue weighted by Crippen LogP contribution is 2.39. The van der Waals surface area contributed by atoms with Crippen LogP contribution in [0.15, 0.2) is 12.1 Å². The molecule has 0 atom stereocenters. The van der Waals surface area contributed by atoms with E-state index in [9.17, 15) is 4.39 Å². The molecule has 0 N–H and O–H groups in total. The fourth-order valence-corrected chi connectivity index (χ4v) is 3.44. The van der Waals surface area contributed by atoms with E-state index in [1.807, 2.05) is 4.57 Å². The van der Waals surface area contributed by atoms with Crippen molar-refractivity contribution in [2.45, 2.75) is 37.2 Å². The highest BCUT2D eigenvalue weighted by Gasteiger charge is 2.40. The van der Waals surface area contributed by atoms with Crippen LogP contribution < -0.4 is 0 Å². The number of hydrogen-bond acceptors (Lipinski definition) is 2. The van der Waals surface area contributed by atoms with E-state index in [1.165, 1.54) is 12.5 Å². The third-order valence-corrected chi connectivity index (χ3v) is 5.20. The van der Waals surface area contributed by atoms with Crippen molar-refractivity contribution in [1.82, 2.24) is 14.5 Å². The predicted octanol–water partition coefficient (Wildman–Crippen LogP) is 4.05. The van der Waals surface area contributed by atoms with Crippen LogP contribution in [-0.4, -0.2) is 34.1 Å². The van der Waals surface area contributed by atoms with Crippen LogP contribution in [-0.2, 0) is 12.4 Å². The van der Waals surface area contributed by atoms with Gasteiger partial charge < -0.3 is 9.47 Å². The number of fused-ring (bicyclic) bond motifs is 1. The largest absolute Gasteiger partial charge is 0.325 e. The van der Waals surface area contributed by atoms with E-state index < -0.39 is 5.82 Å². The lowest BCUT2D eigenvalue weighted by atomic mass is 9.75. The molecule has 3 rings (SSSR count). The molecule has 0 bridgehead atoms. The van der Waals surface area contributed by atoms with Crippen molar-refractivity contribution in [1.29, 1.82) is 0 Å². The van der Waals surface area contributed by atoms with Crippen molar-refractivity contribution in [2.24, 2.45) is 0 Å². The molecule has 6 heteroatoms. The third kappa shape index (κ3) is 2.43. The van der Waals surface area contributed by atoms with Gasteiger partial charge in [-0.3, -0.25) is 0 Å². The molecular weight excluding hydrogens is 312 g/mol. The summed E-state index contributed by atoms with van der Waals surface area (Å²) in [7, 11) is 4.19. The van der Waals surface area contributed by atoms with Crippen LogP contribution in [0, 0.1) is 5.82 Å². The second kappa shape index (κ2) is 5.41. The van der Waals surface area contributed by atoms with Gasteiger partial charge in [-0.2, -0.15) is 0 Å². The standard InChI is InChI=1S/C15H18Cl2FN3/c1-20(2)15(4-3-5-15)9-21-13-7-11(18)10(17)6-12(13)19-14(21)8-16/h6-7H,3-5,8-9H2,1-2H3. The maximum atomic E-state index is 13.8. The average Bonchev–Trinajstić information content (AvgIpc) is 2.71. The molecule has 1 aliphatic carbocycles. The molecule has 0 aliphatic heterocycles. The van der Waals surface area contributed by atoms with Gasteiger partial charge in [0, 0.05) is 18.2 Å². The fraction of sp³-hybridized carbons (Fsp3) is 0.533. The van der Waals surface area contributed by atoms with Gasteiger partial charge in [-0.1, -0.05) is 11.6 Å². The van der Waals surface area contributed by atoms with Crippen molar-refractivity contribution >= 4 is 34.2 Å². The van der Waals surface area contributed by atoms with Crippen LogP contribution in [0.1, 0.15) is 25.1 Å². The first-order valence-electron chi connectivity index (χ1n) is 7.04. The Morgan fingerprint density at radius 2 is 2.10 bits per heavy atom. The van der Waals surface area contributed by atoms with Gasteiger partial charge >= 0.3 is 0 Å². The first-order valence-corrected chi connectivity index (χ1v) is 7.96. The van der Waals surface area contributed by atoms with E-state index in [1.54, 1.807) is 6.07 Å². The Labute approximate surface area is 133 Å².